The van der Waals surface area contributed by atoms with Crippen LogP contribution in [0.3, 0.4) is 0 Å². The molecule has 0 saturated carbocycles. The molecular weight excluding hydrogens is 388 g/mol. The Morgan fingerprint density at radius 1 is 1.28 bits per heavy atom. The highest BCUT2D eigenvalue weighted by Crippen LogP contribution is 2.32. The summed E-state index contributed by atoms with van der Waals surface area (Å²) in [6, 6.07) is 15.1. The van der Waals surface area contributed by atoms with E-state index in [0.717, 1.165) is 22.0 Å². The Labute approximate surface area is 174 Å². The van der Waals surface area contributed by atoms with Crippen LogP contribution in [0.1, 0.15) is 30.4 Å². The third-order valence-corrected chi connectivity index (χ3v) is 5.90. The summed E-state index contributed by atoms with van der Waals surface area (Å²) in [7, 11) is 0. The maximum Gasteiger partial charge on any atom is 0.324 e. The molecule has 0 aliphatic carbocycles. The molecule has 0 amide bonds. The van der Waals surface area contributed by atoms with Gasteiger partial charge in [-0.1, -0.05) is 48.9 Å². The molecule has 1 saturated heterocycles. The molecule has 0 bridgehead atoms. The zero-order chi connectivity index (χ0) is 20.5. The van der Waals surface area contributed by atoms with E-state index < -0.39 is 12.0 Å². The fourth-order valence-electron chi connectivity index (χ4n) is 4.03. The second kappa shape index (κ2) is 8.16. The van der Waals surface area contributed by atoms with Crippen molar-refractivity contribution >= 4 is 28.5 Å². The number of hydrazine groups is 1. The number of nitrogens with zero attached hydrogens (tertiary/aromatic N) is 1. The van der Waals surface area contributed by atoms with Gasteiger partial charge in [-0.05, 0) is 48.1 Å². The predicted molar refractivity (Wildman–Crippen MR) is 115 cm³/mol. The smallest absolute Gasteiger partial charge is 0.324 e. The Hall–Kier alpha value is -2.38. The highest BCUT2D eigenvalue weighted by Gasteiger charge is 2.53. The number of hydrogen-bond donors (Lipinski definition) is 4. The molecule has 3 unspecified atom stereocenters. The standard InChI is InChI=1S/C22H25ClN4O2/c1-13(14-6-8-16(23)9-7-14)10-20(24)26-27-19(21(27)22(28)29)11-15-12-25-18-5-3-2-4-17(15)18/h2-9,12-13,19-21,25-26H,10-11,24H2,1H3,(H,28,29)/t13?,19-,20?,21-,27?/m0/s1. The van der Waals surface area contributed by atoms with Gasteiger partial charge in [-0.15, -0.1) is 0 Å². The van der Waals surface area contributed by atoms with E-state index in [2.05, 4.69) is 23.4 Å². The van der Waals surface area contributed by atoms with Gasteiger partial charge in [0.05, 0.1) is 12.2 Å². The summed E-state index contributed by atoms with van der Waals surface area (Å²) in [6.45, 7) is 2.10. The molecule has 152 valence electrons. The van der Waals surface area contributed by atoms with E-state index in [4.69, 9.17) is 17.3 Å². The quantitative estimate of drug-likeness (QED) is 0.335. The molecule has 1 aliphatic rings. The first-order valence-corrected chi connectivity index (χ1v) is 10.1. The van der Waals surface area contributed by atoms with Gasteiger partial charge in [0.2, 0.25) is 0 Å². The number of fused-ring (bicyclic) bond motifs is 1. The van der Waals surface area contributed by atoms with Crippen LogP contribution >= 0.6 is 11.6 Å². The summed E-state index contributed by atoms with van der Waals surface area (Å²) in [6.07, 6.45) is 2.95. The minimum atomic E-state index is -0.833. The lowest BCUT2D eigenvalue weighted by atomic mass is 9.97. The highest BCUT2D eigenvalue weighted by atomic mass is 35.5. The number of H-pyrrole nitrogens is 1. The summed E-state index contributed by atoms with van der Waals surface area (Å²) in [5, 5.41) is 13.2. The molecule has 5 N–H and O–H groups in total. The fourth-order valence-corrected chi connectivity index (χ4v) is 4.15. The summed E-state index contributed by atoms with van der Waals surface area (Å²) >= 11 is 5.95. The first-order valence-electron chi connectivity index (χ1n) is 9.77. The van der Waals surface area contributed by atoms with Gasteiger partial charge in [0, 0.05) is 22.1 Å². The van der Waals surface area contributed by atoms with Crippen LogP contribution in [-0.2, 0) is 11.2 Å². The molecular formula is C22H25ClN4O2. The molecule has 4 rings (SSSR count). The van der Waals surface area contributed by atoms with E-state index in [0.29, 0.717) is 17.9 Å². The molecule has 1 aromatic heterocycles. The van der Waals surface area contributed by atoms with Crippen molar-refractivity contribution in [2.75, 3.05) is 0 Å². The third kappa shape index (κ3) is 4.31. The number of nitrogens with two attached hydrogens (primary N) is 1. The van der Waals surface area contributed by atoms with Gasteiger partial charge < -0.3 is 15.8 Å². The van der Waals surface area contributed by atoms with Gasteiger partial charge in [-0.25, -0.2) is 10.4 Å². The molecule has 0 radical (unpaired) electrons. The van der Waals surface area contributed by atoms with Crippen LogP contribution in [0, 0.1) is 0 Å². The maximum absolute atomic E-state index is 11.7. The largest absolute Gasteiger partial charge is 0.480 e. The van der Waals surface area contributed by atoms with Crippen molar-refractivity contribution in [2.45, 2.75) is 43.9 Å². The second-order valence-electron chi connectivity index (χ2n) is 7.75. The lowest BCUT2D eigenvalue weighted by Gasteiger charge is -2.20. The van der Waals surface area contributed by atoms with Gasteiger partial charge in [-0.3, -0.25) is 4.79 Å². The zero-order valence-corrected chi connectivity index (χ0v) is 16.9. The number of aromatic nitrogens is 1. The van der Waals surface area contributed by atoms with Crippen molar-refractivity contribution in [1.82, 2.24) is 15.4 Å². The molecule has 2 heterocycles. The minimum Gasteiger partial charge on any atom is -0.480 e. The van der Waals surface area contributed by atoms with Crippen LogP contribution in [0.25, 0.3) is 10.9 Å². The average Bonchev–Trinajstić information content (AvgIpc) is 3.20. The molecule has 0 spiro atoms. The molecule has 6 nitrogen and oxygen atoms in total. The maximum atomic E-state index is 11.7. The fraction of sp³-hybridized carbons (Fsp3) is 0.318. The van der Waals surface area contributed by atoms with Gasteiger partial charge in [0.25, 0.3) is 0 Å². The van der Waals surface area contributed by atoms with Crippen LogP contribution in [0.2, 0.25) is 5.02 Å². The summed E-state index contributed by atoms with van der Waals surface area (Å²) < 4.78 is 0. The van der Waals surface area contributed by atoms with Crippen LogP contribution in [0.5, 0.6) is 0 Å². The minimum absolute atomic E-state index is 0.122. The monoisotopic (exact) mass is 412 g/mol. The number of nitrogens with one attached hydrogen (secondary N) is 2. The molecule has 5 atom stereocenters. The topological polar surface area (TPSA) is 94.2 Å². The van der Waals surface area contributed by atoms with Crippen LogP contribution in [0.15, 0.2) is 54.7 Å². The van der Waals surface area contributed by atoms with Gasteiger partial charge in [-0.2, -0.15) is 0 Å². The number of rotatable bonds is 8. The third-order valence-electron chi connectivity index (χ3n) is 5.65. The van der Waals surface area contributed by atoms with E-state index in [1.807, 2.05) is 48.7 Å². The lowest BCUT2D eigenvalue weighted by Crippen LogP contribution is -2.43. The van der Waals surface area contributed by atoms with Crippen LogP contribution in [0.4, 0.5) is 0 Å². The van der Waals surface area contributed by atoms with Crippen molar-refractivity contribution in [2.24, 2.45) is 5.73 Å². The van der Waals surface area contributed by atoms with E-state index >= 15 is 0 Å². The van der Waals surface area contributed by atoms with E-state index in [9.17, 15) is 9.90 Å². The number of benzene rings is 2. The van der Waals surface area contributed by atoms with Crippen molar-refractivity contribution in [3.63, 3.8) is 0 Å². The van der Waals surface area contributed by atoms with Crippen molar-refractivity contribution in [3.8, 4) is 0 Å². The number of para-hydroxylation sites is 1. The van der Waals surface area contributed by atoms with Crippen LogP contribution in [-0.4, -0.2) is 39.3 Å². The molecule has 29 heavy (non-hydrogen) atoms. The Morgan fingerprint density at radius 3 is 2.72 bits per heavy atom. The van der Waals surface area contributed by atoms with Crippen molar-refractivity contribution < 1.29 is 9.90 Å². The number of aromatic amines is 1. The van der Waals surface area contributed by atoms with E-state index in [1.54, 1.807) is 5.01 Å². The number of hydrogen-bond acceptors (Lipinski definition) is 4. The van der Waals surface area contributed by atoms with Gasteiger partial charge in [0.1, 0.15) is 6.04 Å². The number of carboxylic acid groups (broad SMARTS) is 1. The number of aliphatic carboxylic acids is 1. The van der Waals surface area contributed by atoms with Crippen molar-refractivity contribution in [3.05, 3.63) is 70.9 Å². The highest BCUT2D eigenvalue weighted by molar-refractivity contribution is 6.30. The molecule has 1 aliphatic heterocycles. The Morgan fingerprint density at radius 2 is 2.00 bits per heavy atom. The molecule has 2 aromatic carbocycles. The average molecular weight is 413 g/mol. The van der Waals surface area contributed by atoms with E-state index in [1.165, 1.54) is 0 Å². The summed E-state index contributed by atoms with van der Waals surface area (Å²) in [4.78, 5) is 14.9. The zero-order valence-electron chi connectivity index (χ0n) is 16.2. The van der Waals surface area contributed by atoms with E-state index in [-0.39, 0.29) is 18.1 Å². The summed E-state index contributed by atoms with van der Waals surface area (Å²) in [5.41, 5.74) is 12.8. The molecule has 3 aromatic rings. The van der Waals surface area contributed by atoms with Gasteiger partial charge in [0.15, 0.2) is 0 Å². The molecule has 1 fully saturated rings. The van der Waals surface area contributed by atoms with Crippen LogP contribution < -0.4 is 11.2 Å². The summed E-state index contributed by atoms with van der Waals surface area (Å²) in [5.74, 6) is -0.606. The SMILES string of the molecule is CC(CC(N)NN1[C@H](C(=O)O)[C@@H]1Cc1c[nH]c2ccccc12)c1ccc(Cl)cc1. The number of carbonyl (C=O) groups is 1. The predicted octanol–water partition coefficient (Wildman–Crippen LogP) is 3.48. The number of carboxylic acids is 1. The first-order chi connectivity index (χ1) is 13.9. The second-order valence-corrected chi connectivity index (χ2v) is 8.18. The Bertz CT molecular complexity index is 1000. The number of halogens is 1. The Balaban J connectivity index is 1.39. The van der Waals surface area contributed by atoms with Gasteiger partial charge >= 0.3 is 5.97 Å². The lowest BCUT2D eigenvalue weighted by molar-refractivity contribution is -0.137. The normalized spacial score (nSPS) is 23.1. The first kappa shape index (κ1) is 19.9. The Kier molecular flexibility index (Phi) is 5.61. The van der Waals surface area contributed by atoms with Crippen molar-refractivity contribution in [1.29, 1.82) is 0 Å². The molecule has 7 heteroatoms.